The van der Waals surface area contributed by atoms with Crippen LogP contribution in [-0.2, 0) is 19.0 Å². The molecule has 1 fully saturated rings. The number of phenolic OH excluding ortho intramolecular Hbond substituents is 2. The molecule has 156 valence electrons. The summed E-state index contributed by atoms with van der Waals surface area (Å²) >= 11 is 0. The van der Waals surface area contributed by atoms with E-state index in [1.54, 1.807) is 6.92 Å². The average molecular weight is 395 g/mol. The third-order valence-corrected chi connectivity index (χ3v) is 4.54. The van der Waals surface area contributed by atoms with Crippen molar-refractivity contribution in [1.82, 2.24) is 5.32 Å². The van der Waals surface area contributed by atoms with Gasteiger partial charge in [-0.2, -0.15) is 0 Å². The molecule has 3 N–H and O–H groups in total. The first-order valence-electron chi connectivity index (χ1n) is 9.39. The zero-order valence-electron chi connectivity index (χ0n) is 16.6. The van der Waals surface area contributed by atoms with E-state index in [0.717, 1.165) is 0 Å². The van der Waals surface area contributed by atoms with E-state index in [0.29, 0.717) is 38.2 Å². The molecule has 1 atom stereocenters. The van der Waals surface area contributed by atoms with Gasteiger partial charge in [-0.05, 0) is 57.9 Å². The smallest absolute Gasteiger partial charge is 0.338 e. The number of carbonyl (C=O) groups excluding carboxylic acids is 2. The van der Waals surface area contributed by atoms with Gasteiger partial charge in [-0.3, -0.25) is 4.79 Å². The number of benzene rings is 1. The van der Waals surface area contributed by atoms with Crippen molar-refractivity contribution in [2.45, 2.75) is 39.2 Å². The minimum atomic E-state index is -0.556. The molecule has 1 saturated heterocycles. The molecular formula is C20H29NO7. The SMILES string of the molecule is Cc1cc(O)c(O)cc1C(=O)OCCCNC(C)(C)COC(=O)C1CCOC1. The van der Waals surface area contributed by atoms with Crippen LogP contribution in [0.2, 0.25) is 0 Å². The number of hydrogen-bond donors (Lipinski definition) is 3. The van der Waals surface area contributed by atoms with Crippen LogP contribution in [0.3, 0.4) is 0 Å². The fourth-order valence-electron chi connectivity index (χ4n) is 2.78. The summed E-state index contributed by atoms with van der Waals surface area (Å²) in [5.74, 6) is -1.59. The predicted molar refractivity (Wildman–Crippen MR) is 101 cm³/mol. The van der Waals surface area contributed by atoms with E-state index in [1.165, 1.54) is 12.1 Å². The number of hydrogen-bond acceptors (Lipinski definition) is 8. The Bertz CT molecular complexity index is 696. The lowest BCUT2D eigenvalue weighted by atomic mass is 10.1. The molecule has 0 aliphatic carbocycles. The first kappa shape index (κ1) is 22.0. The Kier molecular flexibility index (Phi) is 7.65. The zero-order valence-corrected chi connectivity index (χ0v) is 16.6. The fourth-order valence-corrected chi connectivity index (χ4v) is 2.78. The highest BCUT2D eigenvalue weighted by atomic mass is 16.5. The molecular weight excluding hydrogens is 366 g/mol. The van der Waals surface area contributed by atoms with Crippen LogP contribution >= 0.6 is 0 Å². The van der Waals surface area contributed by atoms with Crippen molar-refractivity contribution < 1.29 is 34.0 Å². The van der Waals surface area contributed by atoms with Gasteiger partial charge in [0.1, 0.15) is 6.61 Å². The zero-order chi connectivity index (χ0) is 20.7. The van der Waals surface area contributed by atoms with Crippen LogP contribution in [0.15, 0.2) is 12.1 Å². The summed E-state index contributed by atoms with van der Waals surface area (Å²) in [6.45, 7) is 7.55. The predicted octanol–water partition coefficient (Wildman–Crippen LogP) is 1.90. The molecule has 1 aromatic carbocycles. The van der Waals surface area contributed by atoms with Crippen molar-refractivity contribution in [3.05, 3.63) is 23.3 Å². The molecule has 1 aromatic rings. The highest BCUT2D eigenvalue weighted by Crippen LogP contribution is 2.28. The van der Waals surface area contributed by atoms with Crippen molar-refractivity contribution in [3.8, 4) is 11.5 Å². The van der Waals surface area contributed by atoms with Crippen molar-refractivity contribution in [2.75, 3.05) is 33.0 Å². The Morgan fingerprint density at radius 1 is 1.25 bits per heavy atom. The monoisotopic (exact) mass is 395 g/mol. The number of aromatic hydroxyl groups is 2. The lowest BCUT2D eigenvalue weighted by molar-refractivity contribution is -0.150. The maximum atomic E-state index is 12.1. The van der Waals surface area contributed by atoms with Gasteiger partial charge in [0, 0.05) is 12.1 Å². The highest BCUT2D eigenvalue weighted by molar-refractivity contribution is 5.91. The largest absolute Gasteiger partial charge is 0.504 e. The van der Waals surface area contributed by atoms with Gasteiger partial charge in [0.2, 0.25) is 0 Å². The molecule has 1 aliphatic rings. The molecule has 2 rings (SSSR count). The van der Waals surface area contributed by atoms with Crippen LogP contribution in [-0.4, -0.2) is 60.7 Å². The molecule has 0 saturated carbocycles. The molecule has 0 bridgehead atoms. The Hall–Kier alpha value is -2.32. The van der Waals surface area contributed by atoms with E-state index in [-0.39, 0.29) is 42.2 Å². The molecule has 1 aliphatic heterocycles. The topological polar surface area (TPSA) is 114 Å². The molecule has 0 aromatic heterocycles. The lowest BCUT2D eigenvalue weighted by Crippen LogP contribution is -2.45. The fraction of sp³-hybridized carbons (Fsp3) is 0.600. The number of nitrogens with one attached hydrogen (secondary N) is 1. The van der Waals surface area contributed by atoms with E-state index in [2.05, 4.69) is 5.32 Å². The normalized spacial score (nSPS) is 16.8. The summed E-state index contributed by atoms with van der Waals surface area (Å²) in [6.07, 6.45) is 1.28. The third kappa shape index (κ3) is 6.38. The Morgan fingerprint density at radius 2 is 1.96 bits per heavy atom. The average Bonchev–Trinajstić information content (AvgIpc) is 3.17. The van der Waals surface area contributed by atoms with Gasteiger partial charge in [-0.25, -0.2) is 4.79 Å². The Morgan fingerprint density at radius 3 is 2.64 bits per heavy atom. The van der Waals surface area contributed by atoms with E-state index >= 15 is 0 Å². The third-order valence-electron chi connectivity index (χ3n) is 4.54. The van der Waals surface area contributed by atoms with Gasteiger partial charge in [-0.1, -0.05) is 0 Å². The Labute approximate surface area is 164 Å². The van der Waals surface area contributed by atoms with Crippen LogP contribution in [0.1, 0.15) is 42.6 Å². The van der Waals surface area contributed by atoms with Crippen LogP contribution in [0.25, 0.3) is 0 Å². The number of carbonyl (C=O) groups is 2. The van der Waals surface area contributed by atoms with Crippen molar-refractivity contribution in [3.63, 3.8) is 0 Å². The van der Waals surface area contributed by atoms with Crippen molar-refractivity contribution >= 4 is 11.9 Å². The summed E-state index contributed by atoms with van der Waals surface area (Å²) in [5.41, 5.74) is 0.332. The summed E-state index contributed by atoms with van der Waals surface area (Å²) in [7, 11) is 0. The maximum Gasteiger partial charge on any atom is 0.338 e. The van der Waals surface area contributed by atoms with Crippen molar-refractivity contribution in [2.24, 2.45) is 5.92 Å². The van der Waals surface area contributed by atoms with Gasteiger partial charge in [0.25, 0.3) is 0 Å². The van der Waals surface area contributed by atoms with E-state index in [9.17, 15) is 19.8 Å². The molecule has 1 unspecified atom stereocenters. The number of phenols is 2. The molecule has 0 amide bonds. The number of aryl methyl sites for hydroxylation is 1. The number of ether oxygens (including phenoxy) is 3. The molecule has 28 heavy (non-hydrogen) atoms. The molecule has 8 nitrogen and oxygen atoms in total. The first-order valence-corrected chi connectivity index (χ1v) is 9.39. The van der Waals surface area contributed by atoms with Crippen LogP contribution in [0.5, 0.6) is 11.5 Å². The summed E-state index contributed by atoms with van der Waals surface area (Å²) < 4.78 is 15.8. The lowest BCUT2D eigenvalue weighted by Gasteiger charge is -2.26. The highest BCUT2D eigenvalue weighted by Gasteiger charge is 2.27. The second-order valence-corrected chi connectivity index (χ2v) is 7.62. The quantitative estimate of drug-likeness (QED) is 0.330. The summed E-state index contributed by atoms with van der Waals surface area (Å²) in [4.78, 5) is 24.0. The number of esters is 2. The second-order valence-electron chi connectivity index (χ2n) is 7.62. The standard InChI is InChI=1S/C20H29NO7/c1-13-9-16(22)17(23)10-15(13)19(25)27-7-4-6-21-20(2,3)12-28-18(24)14-5-8-26-11-14/h9-10,14,21-23H,4-8,11-12H2,1-3H3. The number of rotatable bonds is 9. The molecule has 1 heterocycles. The summed E-state index contributed by atoms with van der Waals surface area (Å²) in [6, 6.07) is 2.51. The molecule has 0 spiro atoms. The van der Waals surface area contributed by atoms with Crippen LogP contribution in [0.4, 0.5) is 0 Å². The van der Waals surface area contributed by atoms with E-state index in [4.69, 9.17) is 14.2 Å². The van der Waals surface area contributed by atoms with Gasteiger partial charge >= 0.3 is 11.9 Å². The Balaban J connectivity index is 1.66. The molecule has 8 heteroatoms. The van der Waals surface area contributed by atoms with Crippen LogP contribution < -0.4 is 5.32 Å². The molecule has 0 radical (unpaired) electrons. The van der Waals surface area contributed by atoms with Gasteiger partial charge in [0.05, 0.1) is 24.7 Å². The van der Waals surface area contributed by atoms with Gasteiger partial charge in [0.15, 0.2) is 11.5 Å². The van der Waals surface area contributed by atoms with Gasteiger partial charge < -0.3 is 29.7 Å². The van der Waals surface area contributed by atoms with Gasteiger partial charge in [-0.15, -0.1) is 0 Å². The summed E-state index contributed by atoms with van der Waals surface area (Å²) in [5, 5.41) is 22.2. The minimum absolute atomic E-state index is 0.169. The van der Waals surface area contributed by atoms with E-state index < -0.39 is 11.5 Å². The first-order chi connectivity index (χ1) is 13.2. The van der Waals surface area contributed by atoms with E-state index in [1.807, 2.05) is 13.8 Å². The van der Waals surface area contributed by atoms with Crippen molar-refractivity contribution in [1.29, 1.82) is 0 Å². The van der Waals surface area contributed by atoms with Crippen LogP contribution in [0, 0.1) is 12.8 Å². The maximum absolute atomic E-state index is 12.1. The minimum Gasteiger partial charge on any atom is -0.504 e. The second kappa shape index (κ2) is 9.75.